The summed E-state index contributed by atoms with van der Waals surface area (Å²) in [7, 11) is 0. The van der Waals surface area contributed by atoms with Gasteiger partial charge in [0.05, 0.1) is 18.2 Å². The SMILES string of the molecule is C=CCC[C@@H]1O[C@H](CC)[C@@H]2OC(C)(C)O[C@@H]2[C@@H]1N=[N+]=[N-]. The van der Waals surface area contributed by atoms with Crippen LogP contribution in [-0.2, 0) is 14.2 Å². The molecule has 112 valence electrons. The van der Waals surface area contributed by atoms with Gasteiger partial charge in [-0.1, -0.05) is 18.1 Å². The number of fused-ring (bicyclic) bond motifs is 1. The van der Waals surface area contributed by atoms with E-state index in [4.69, 9.17) is 19.7 Å². The Hall–Kier alpha value is -1.07. The Balaban J connectivity index is 2.24. The van der Waals surface area contributed by atoms with E-state index in [1.54, 1.807) is 0 Å². The van der Waals surface area contributed by atoms with Crippen LogP contribution in [-0.4, -0.2) is 36.2 Å². The molecule has 0 radical (unpaired) electrons. The van der Waals surface area contributed by atoms with Gasteiger partial charge < -0.3 is 14.2 Å². The average Bonchev–Trinajstić information content (AvgIpc) is 2.73. The van der Waals surface area contributed by atoms with Crippen LogP contribution in [0.1, 0.15) is 40.0 Å². The Morgan fingerprint density at radius 1 is 1.30 bits per heavy atom. The lowest BCUT2D eigenvalue weighted by molar-refractivity contribution is -0.160. The predicted octanol–water partition coefficient (Wildman–Crippen LogP) is 3.33. The molecule has 6 heteroatoms. The first-order valence-corrected chi connectivity index (χ1v) is 7.18. The molecule has 2 saturated heterocycles. The van der Waals surface area contributed by atoms with Crippen LogP contribution in [0.15, 0.2) is 17.8 Å². The van der Waals surface area contributed by atoms with Gasteiger partial charge in [-0.3, -0.25) is 0 Å². The number of hydrogen-bond acceptors (Lipinski definition) is 4. The van der Waals surface area contributed by atoms with E-state index < -0.39 is 5.79 Å². The molecular formula is C14H23N3O3. The Morgan fingerprint density at radius 3 is 2.60 bits per heavy atom. The summed E-state index contributed by atoms with van der Waals surface area (Å²) in [6.45, 7) is 9.55. The minimum absolute atomic E-state index is 0.0262. The molecule has 0 N–H and O–H groups in total. The molecule has 5 atom stereocenters. The Morgan fingerprint density at radius 2 is 2.00 bits per heavy atom. The summed E-state index contributed by atoms with van der Waals surface area (Å²) < 4.78 is 18.0. The zero-order valence-electron chi connectivity index (χ0n) is 12.4. The second-order valence-electron chi connectivity index (χ2n) is 5.75. The van der Waals surface area contributed by atoms with Gasteiger partial charge in [-0.15, -0.1) is 6.58 Å². The van der Waals surface area contributed by atoms with Crippen molar-refractivity contribution in [1.82, 2.24) is 0 Å². The van der Waals surface area contributed by atoms with E-state index in [1.807, 2.05) is 19.9 Å². The second kappa shape index (κ2) is 6.14. The largest absolute Gasteiger partial charge is 0.372 e. The third-order valence-corrected chi connectivity index (χ3v) is 3.84. The van der Waals surface area contributed by atoms with Crippen molar-refractivity contribution < 1.29 is 14.2 Å². The van der Waals surface area contributed by atoms with Crippen molar-refractivity contribution in [2.24, 2.45) is 5.11 Å². The van der Waals surface area contributed by atoms with Crippen molar-refractivity contribution in [2.45, 2.75) is 76.3 Å². The molecule has 2 rings (SSSR count). The van der Waals surface area contributed by atoms with Gasteiger partial charge in [-0.25, -0.2) is 0 Å². The zero-order valence-corrected chi connectivity index (χ0v) is 12.4. The monoisotopic (exact) mass is 281 g/mol. The molecular weight excluding hydrogens is 258 g/mol. The van der Waals surface area contributed by atoms with Crippen molar-refractivity contribution in [3.8, 4) is 0 Å². The van der Waals surface area contributed by atoms with Gasteiger partial charge in [0.25, 0.3) is 0 Å². The summed E-state index contributed by atoms with van der Waals surface area (Å²) >= 11 is 0. The Kier molecular flexibility index (Phi) is 4.70. The van der Waals surface area contributed by atoms with Gasteiger partial charge in [0.15, 0.2) is 5.79 Å². The quantitative estimate of drug-likeness (QED) is 0.335. The molecule has 6 nitrogen and oxygen atoms in total. The molecule has 0 bridgehead atoms. The highest BCUT2D eigenvalue weighted by molar-refractivity contribution is 5.02. The highest BCUT2D eigenvalue weighted by Crippen LogP contribution is 2.40. The molecule has 0 aromatic heterocycles. The highest BCUT2D eigenvalue weighted by Gasteiger charge is 2.53. The van der Waals surface area contributed by atoms with Gasteiger partial charge in [-0.05, 0) is 38.6 Å². The van der Waals surface area contributed by atoms with Crippen LogP contribution in [0.5, 0.6) is 0 Å². The van der Waals surface area contributed by atoms with Crippen LogP contribution in [0, 0.1) is 0 Å². The van der Waals surface area contributed by atoms with Crippen molar-refractivity contribution >= 4 is 0 Å². The highest BCUT2D eigenvalue weighted by atomic mass is 16.8. The van der Waals surface area contributed by atoms with Crippen LogP contribution in [0.4, 0.5) is 0 Å². The summed E-state index contributed by atoms with van der Waals surface area (Å²) in [6.07, 6.45) is 3.69. The molecule has 0 amide bonds. The lowest BCUT2D eigenvalue weighted by atomic mass is 9.90. The average molecular weight is 281 g/mol. The Labute approximate surface area is 119 Å². The summed E-state index contributed by atoms with van der Waals surface area (Å²) in [5.74, 6) is -0.664. The molecule has 0 unspecified atom stereocenters. The lowest BCUT2D eigenvalue weighted by Gasteiger charge is -2.40. The third kappa shape index (κ3) is 2.99. The van der Waals surface area contributed by atoms with Crippen LogP contribution >= 0.6 is 0 Å². The topological polar surface area (TPSA) is 76.5 Å². The van der Waals surface area contributed by atoms with E-state index in [-0.39, 0.29) is 30.5 Å². The standard InChI is InChI=1S/C14H23N3O3/c1-5-7-8-10-11(16-17-15)13-12(9(6-2)18-10)19-14(3,4)20-13/h5,9-13H,1,6-8H2,2-4H3/t9-,10+,11-,12+,13-/m1/s1. The minimum Gasteiger partial charge on any atom is -0.372 e. The second-order valence-corrected chi connectivity index (χ2v) is 5.75. The fourth-order valence-electron chi connectivity index (χ4n) is 3.01. The van der Waals surface area contributed by atoms with Crippen molar-refractivity contribution in [1.29, 1.82) is 0 Å². The molecule has 0 aliphatic carbocycles. The van der Waals surface area contributed by atoms with Gasteiger partial charge in [-0.2, -0.15) is 0 Å². The van der Waals surface area contributed by atoms with Gasteiger partial charge in [0.1, 0.15) is 12.2 Å². The third-order valence-electron chi connectivity index (χ3n) is 3.84. The summed E-state index contributed by atoms with van der Waals surface area (Å²) in [6, 6.07) is -0.352. The molecule has 0 aromatic carbocycles. The molecule has 2 aliphatic rings. The maximum absolute atomic E-state index is 8.82. The molecule has 0 aromatic rings. The van der Waals surface area contributed by atoms with Crippen LogP contribution in [0.2, 0.25) is 0 Å². The maximum Gasteiger partial charge on any atom is 0.163 e. The summed E-state index contributed by atoms with van der Waals surface area (Å²) in [5.41, 5.74) is 8.82. The molecule has 2 fully saturated rings. The summed E-state index contributed by atoms with van der Waals surface area (Å²) in [4.78, 5) is 2.96. The molecule has 20 heavy (non-hydrogen) atoms. The van der Waals surface area contributed by atoms with Crippen molar-refractivity contribution in [2.75, 3.05) is 0 Å². The minimum atomic E-state index is -0.664. The van der Waals surface area contributed by atoms with Gasteiger partial charge in [0.2, 0.25) is 0 Å². The molecule has 2 aliphatic heterocycles. The lowest BCUT2D eigenvalue weighted by Crippen LogP contribution is -2.55. The van der Waals surface area contributed by atoms with Gasteiger partial charge in [0, 0.05) is 4.91 Å². The molecule has 0 spiro atoms. The zero-order chi connectivity index (χ0) is 14.8. The fourth-order valence-corrected chi connectivity index (χ4v) is 3.01. The number of rotatable bonds is 5. The van der Waals surface area contributed by atoms with Crippen molar-refractivity contribution in [3.05, 3.63) is 23.1 Å². The molecule has 2 heterocycles. The molecule has 0 saturated carbocycles. The predicted molar refractivity (Wildman–Crippen MR) is 75.1 cm³/mol. The van der Waals surface area contributed by atoms with E-state index >= 15 is 0 Å². The first-order valence-electron chi connectivity index (χ1n) is 7.18. The normalized spacial score (nSPS) is 38.9. The first kappa shape index (κ1) is 15.3. The van der Waals surface area contributed by atoms with Gasteiger partial charge >= 0.3 is 0 Å². The smallest absolute Gasteiger partial charge is 0.163 e. The van der Waals surface area contributed by atoms with E-state index in [1.165, 1.54) is 0 Å². The number of nitrogens with zero attached hydrogens (tertiary/aromatic N) is 3. The fraction of sp³-hybridized carbons (Fsp3) is 0.857. The first-order chi connectivity index (χ1) is 9.52. The summed E-state index contributed by atoms with van der Waals surface area (Å²) in [5, 5.41) is 3.91. The number of allylic oxidation sites excluding steroid dienone is 1. The number of azide groups is 1. The Bertz CT molecular complexity index is 406. The van der Waals surface area contributed by atoms with E-state index in [0.717, 1.165) is 19.3 Å². The number of ether oxygens (including phenoxy) is 3. The number of hydrogen-bond donors (Lipinski definition) is 0. The van der Waals surface area contributed by atoms with E-state index in [9.17, 15) is 0 Å². The van der Waals surface area contributed by atoms with Crippen LogP contribution in [0.25, 0.3) is 10.4 Å². The maximum atomic E-state index is 8.82. The van der Waals surface area contributed by atoms with Crippen LogP contribution < -0.4 is 0 Å². The van der Waals surface area contributed by atoms with E-state index in [2.05, 4.69) is 23.5 Å². The van der Waals surface area contributed by atoms with E-state index in [0.29, 0.717) is 0 Å². The van der Waals surface area contributed by atoms with Crippen LogP contribution in [0.3, 0.4) is 0 Å². The van der Waals surface area contributed by atoms with Crippen molar-refractivity contribution in [3.63, 3.8) is 0 Å².